The van der Waals surface area contributed by atoms with Crippen molar-refractivity contribution in [3.8, 4) is 0 Å². The van der Waals surface area contributed by atoms with Crippen LogP contribution in [0.2, 0.25) is 0 Å². The lowest BCUT2D eigenvalue weighted by molar-refractivity contribution is 0.0678. The van der Waals surface area contributed by atoms with E-state index in [0.717, 1.165) is 31.6 Å². The first-order chi connectivity index (χ1) is 8.77. The fraction of sp³-hybridized carbons (Fsp3) is 0.500. The Hall–Kier alpha value is -1.55. The predicted octanol–water partition coefficient (Wildman–Crippen LogP) is 1.72. The molecule has 1 aliphatic rings. The summed E-state index contributed by atoms with van der Waals surface area (Å²) >= 11 is 0. The van der Waals surface area contributed by atoms with E-state index in [4.69, 9.17) is 0 Å². The number of likely N-dealkylation sites (tertiary alicyclic amines) is 1. The molecule has 4 heteroatoms. The number of para-hydroxylation sites is 1. The first-order valence-corrected chi connectivity index (χ1v) is 6.52. The Morgan fingerprint density at radius 2 is 2.28 bits per heavy atom. The van der Waals surface area contributed by atoms with Gasteiger partial charge in [0.1, 0.15) is 0 Å². The summed E-state index contributed by atoms with van der Waals surface area (Å²) in [5.74, 6) is 0.0168. The number of aliphatic hydroxyl groups is 1. The van der Waals surface area contributed by atoms with E-state index in [1.165, 1.54) is 0 Å². The lowest BCUT2D eigenvalue weighted by atomic mass is 10.1. The molecule has 1 amide bonds. The number of anilines is 1. The zero-order valence-corrected chi connectivity index (χ0v) is 10.7. The summed E-state index contributed by atoms with van der Waals surface area (Å²) in [6, 6.07) is 7.53. The average molecular weight is 248 g/mol. The van der Waals surface area contributed by atoms with Gasteiger partial charge in [-0.3, -0.25) is 4.79 Å². The van der Waals surface area contributed by atoms with Crippen molar-refractivity contribution in [2.45, 2.75) is 25.8 Å². The van der Waals surface area contributed by atoms with Crippen LogP contribution >= 0.6 is 0 Å². The van der Waals surface area contributed by atoms with Gasteiger partial charge in [-0.2, -0.15) is 0 Å². The van der Waals surface area contributed by atoms with Crippen molar-refractivity contribution in [2.24, 2.45) is 0 Å². The predicted molar refractivity (Wildman–Crippen MR) is 71.8 cm³/mol. The summed E-state index contributed by atoms with van der Waals surface area (Å²) in [6.07, 6.45) is 1.87. The molecule has 1 fully saturated rings. The van der Waals surface area contributed by atoms with Crippen LogP contribution in [0.3, 0.4) is 0 Å². The van der Waals surface area contributed by atoms with Crippen molar-refractivity contribution in [2.75, 3.05) is 25.0 Å². The van der Waals surface area contributed by atoms with E-state index in [2.05, 4.69) is 5.32 Å². The van der Waals surface area contributed by atoms with Gasteiger partial charge in [-0.05, 0) is 31.9 Å². The molecule has 1 atom stereocenters. The summed E-state index contributed by atoms with van der Waals surface area (Å²) in [6.45, 7) is 3.58. The lowest BCUT2D eigenvalue weighted by Crippen LogP contribution is -2.37. The molecular formula is C14H20N2O2. The van der Waals surface area contributed by atoms with Crippen LogP contribution in [0.1, 0.15) is 30.1 Å². The van der Waals surface area contributed by atoms with Gasteiger partial charge in [0, 0.05) is 18.8 Å². The van der Waals surface area contributed by atoms with E-state index in [-0.39, 0.29) is 18.6 Å². The number of carbonyl (C=O) groups is 1. The van der Waals surface area contributed by atoms with Crippen molar-refractivity contribution in [1.82, 2.24) is 4.90 Å². The molecule has 2 N–H and O–H groups in total. The molecule has 1 aromatic rings. The van der Waals surface area contributed by atoms with Crippen molar-refractivity contribution in [1.29, 1.82) is 0 Å². The Balaban J connectivity index is 2.22. The van der Waals surface area contributed by atoms with Crippen molar-refractivity contribution < 1.29 is 9.90 Å². The van der Waals surface area contributed by atoms with Gasteiger partial charge in [-0.25, -0.2) is 0 Å². The Labute approximate surface area is 108 Å². The number of hydrogen-bond acceptors (Lipinski definition) is 3. The van der Waals surface area contributed by atoms with E-state index >= 15 is 0 Å². The Morgan fingerprint density at radius 1 is 1.50 bits per heavy atom. The van der Waals surface area contributed by atoms with Crippen molar-refractivity contribution >= 4 is 11.6 Å². The molecule has 18 heavy (non-hydrogen) atoms. The van der Waals surface area contributed by atoms with Gasteiger partial charge in [0.15, 0.2) is 0 Å². The van der Waals surface area contributed by atoms with Crippen LogP contribution in [0.4, 0.5) is 5.69 Å². The molecule has 0 aliphatic carbocycles. The third-order valence-corrected chi connectivity index (χ3v) is 3.37. The number of amides is 1. The van der Waals surface area contributed by atoms with Crippen LogP contribution < -0.4 is 5.32 Å². The van der Waals surface area contributed by atoms with Gasteiger partial charge in [0.2, 0.25) is 0 Å². The molecule has 1 saturated heterocycles. The number of nitrogens with one attached hydrogen (secondary N) is 1. The topological polar surface area (TPSA) is 52.6 Å². The van der Waals surface area contributed by atoms with E-state index in [1.54, 1.807) is 4.90 Å². The van der Waals surface area contributed by atoms with Crippen LogP contribution in [0, 0.1) is 0 Å². The fourth-order valence-corrected chi connectivity index (χ4v) is 2.46. The monoisotopic (exact) mass is 248 g/mol. The van der Waals surface area contributed by atoms with Gasteiger partial charge >= 0.3 is 0 Å². The lowest BCUT2D eigenvalue weighted by Gasteiger charge is -2.24. The second-order valence-electron chi connectivity index (χ2n) is 4.55. The highest BCUT2D eigenvalue weighted by Crippen LogP contribution is 2.23. The Bertz CT molecular complexity index is 420. The number of hydrogen-bond donors (Lipinski definition) is 2. The normalized spacial score (nSPS) is 19.0. The summed E-state index contributed by atoms with van der Waals surface area (Å²) in [5, 5.41) is 12.5. The highest BCUT2D eigenvalue weighted by molar-refractivity contribution is 5.99. The van der Waals surface area contributed by atoms with Gasteiger partial charge < -0.3 is 15.3 Å². The minimum Gasteiger partial charge on any atom is -0.394 e. The molecule has 1 unspecified atom stereocenters. The third-order valence-electron chi connectivity index (χ3n) is 3.37. The maximum atomic E-state index is 12.5. The molecule has 0 aromatic heterocycles. The van der Waals surface area contributed by atoms with E-state index in [1.807, 2.05) is 31.2 Å². The number of rotatable bonds is 4. The molecule has 0 bridgehead atoms. The van der Waals surface area contributed by atoms with Gasteiger partial charge in [-0.1, -0.05) is 12.1 Å². The summed E-state index contributed by atoms with van der Waals surface area (Å²) in [7, 11) is 0. The third kappa shape index (κ3) is 2.48. The van der Waals surface area contributed by atoms with E-state index in [0.29, 0.717) is 5.56 Å². The Morgan fingerprint density at radius 3 is 3.00 bits per heavy atom. The number of aliphatic hydroxyl groups excluding tert-OH is 1. The molecule has 0 spiro atoms. The molecular weight excluding hydrogens is 228 g/mol. The van der Waals surface area contributed by atoms with Crippen LogP contribution in [-0.4, -0.2) is 41.7 Å². The molecule has 2 rings (SSSR count). The van der Waals surface area contributed by atoms with Crippen molar-refractivity contribution in [3.63, 3.8) is 0 Å². The quantitative estimate of drug-likeness (QED) is 0.853. The second kappa shape index (κ2) is 5.87. The van der Waals surface area contributed by atoms with Gasteiger partial charge in [0.05, 0.1) is 18.2 Å². The molecule has 0 saturated carbocycles. The summed E-state index contributed by atoms with van der Waals surface area (Å²) in [4.78, 5) is 14.3. The van der Waals surface area contributed by atoms with E-state index < -0.39 is 0 Å². The van der Waals surface area contributed by atoms with Crippen LogP contribution in [0.25, 0.3) is 0 Å². The number of benzene rings is 1. The molecule has 1 heterocycles. The second-order valence-corrected chi connectivity index (χ2v) is 4.55. The first-order valence-electron chi connectivity index (χ1n) is 6.52. The highest BCUT2D eigenvalue weighted by atomic mass is 16.3. The SMILES string of the molecule is CCNc1ccccc1C(=O)N1CCCC1CO. The number of nitrogens with zero attached hydrogens (tertiary/aromatic N) is 1. The molecule has 4 nitrogen and oxygen atoms in total. The van der Waals surface area contributed by atoms with Gasteiger partial charge in [-0.15, -0.1) is 0 Å². The van der Waals surface area contributed by atoms with E-state index in [9.17, 15) is 9.90 Å². The van der Waals surface area contributed by atoms with Crippen LogP contribution in [0.15, 0.2) is 24.3 Å². The first kappa shape index (κ1) is 12.9. The minimum absolute atomic E-state index is 0.0168. The molecule has 0 radical (unpaired) electrons. The van der Waals surface area contributed by atoms with Crippen molar-refractivity contribution in [3.05, 3.63) is 29.8 Å². The smallest absolute Gasteiger partial charge is 0.256 e. The fourth-order valence-electron chi connectivity index (χ4n) is 2.46. The Kier molecular flexibility index (Phi) is 4.20. The largest absolute Gasteiger partial charge is 0.394 e. The zero-order chi connectivity index (χ0) is 13.0. The summed E-state index contributed by atoms with van der Waals surface area (Å²) in [5.41, 5.74) is 1.56. The zero-order valence-electron chi connectivity index (χ0n) is 10.7. The highest BCUT2D eigenvalue weighted by Gasteiger charge is 2.29. The summed E-state index contributed by atoms with van der Waals surface area (Å²) < 4.78 is 0. The van der Waals surface area contributed by atoms with Gasteiger partial charge in [0.25, 0.3) is 5.91 Å². The van der Waals surface area contributed by atoms with Crippen LogP contribution in [-0.2, 0) is 0 Å². The maximum absolute atomic E-state index is 12.5. The average Bonchev–Trinajstić information content (AvgIpc) is 2.87. The molecule has 1 aromatic carbocycles. The van der Waals surface area contributed by atoms with Crippen LogP contribution in [0.5, 0.6) is 0 Å². The molecule has 98 valence electrons. The minimum atomic E-state index is -0.0211. The maximum Gasteiger partial charge on any atom is 0.256 e. The standard InChI is InChI=1S/C14H20N2O2/c1-2-15-13-8-4-3-7-12(13)14(18)16-9-5-6-11(16)10-17/h3-4,7-8,11,15,17H,2,5-6,9-10H2,1H3. The number of carbonyl (C=O) groups excluding carboxylic acids is 1. The molecule has 1 aliphatic heterocycles.